The number of nitrogens with two attached hydrogens (primary N) is 1. The molecule has 3 N–H and O–H groups in total. The number of nitrogens with one attached hydrogen (secondary N) is 1. The molecule has 0 fully saturated rings. The average Bonchev–Trinajstić information content (AvgIpc) is 3.15. The third-order valence-electron chi connectivity index (χ3n) is 3.27. The Balaban J connectivity index is 1.78. The molecule has 22 heavy (non-hydrogen) atoms. The van der Waals surface area contributed by atoms with Gasteiger partial charge in [-0.3, -0.25) is 4.79 Å². The Morgan fingerprint density at radius 2 is 2.05 bits per heavy atom. The van der Waals surface area contributed by atoms with E-state index in [1.807, 2.05) is 31.2 Å². The van der Waals surface area contributed by atoms with Gasteiger partial charge < -0.3 is 20.0 Å². The first-order valence-electron chi connectivity index (χ1n) is 6.78. The first-order valence-corrected chi connectivity index (χ1v) is 6.78. The zero-order valence-electron chi connectivity index (χ0n) is 12.0. The van der Waals surface area contributed by atoms with Crippen LogP contribution in [0, 0.1) is 6.92 Å². The molecule has 2 aromatic heterocycles. The Bertz CT molecular complexity index is 774. The van der Waals surface area contributed by atoms with Crippen molar-refractivity contribution in [2.45, 2.75) is 13.5 Å². The molecular formula is C16H15N3O3. The summed E-state index contributed by atoms with van der Waals surface area (Å²) in [6.45, 7) is 2.40. The lowest BCUT2D eigenvalue weighted by Gasteiger charge is -2.05. The zero-order valence-corrected chi connectivity index (χ0v) is 12.0. The number of benzene rings is 1. The highest BCUT2D eigenvalue weighted by molar-refractivity contribution is 6.03. The number of amides is 1. The van der Waals surface area contributed by atoms with Crippen molar-refractivity contribution in [1.82, 2.24) is 10.5 Å². The molecular weight excluding hydrogens is 282 g/mol. The van der Waals surface area contributed by atoms with Crippen molar-refractivity contribution in [1.29, 1.82) is 0 Å². The van der Waals surface area contributed by atoms with Gasteiger partial charge in [-0.2, -0.15) is 0 Å². The number of nitrogens with zero attached hydrogens (tertiary/aromatic N) is 1. The SMILES string of the molecule is Cc1ccc(CNC(=O)c2c(-c3ccco3)noc2N)cc1. The minimum absolute atomic E-state index is 0.0344. The summed E-state index contributed by atoms with van der Waals surface area (Å²) in [6, 6.07) is 11.3. The smallest absolute Gasteiger partial charge is 0.259 e. The van der Waals surface area contributed by atoms with Crippen LogP contribution in [-0.4, -0.2) is 11.1 Å². The summed E-state index contributed by atoms with van der Waals surface area (Å²) in [5, 5.41) is 6.59. The molecule has 0 saturated heterocycles. The van der Waals surface area contributed by atoms with Crippen LogP contribution in [0.5, 0.6) is 0 Å². The number of hydrogen-bond donors (Lipinski definition) is 2. The fraction of sp³-hybridized carbons (Fsp3) is 0.125. The molecule has 0 radical (unpaired) electrons. The molecule has 1 aromatic carbocycles. The molecule has 3 aromatic rings. The van der Waals surface area contributed by atoms with Gasteiger partial charge in [-0.25, -0.2) is 0 Å². The highest BCUT2D eigenvalue weighted by Gasteiger charge is 2.23. The minimum Gasteiger partial charge on any atom is -0.463 e. The number of aromatic nitrogens is 1. The van der Waals surface area contributed by atoms with Crippen molar-refractivity contribution < 1.29 is 13.7 Å². The summed E-state index contributed by atoms with van der Waals surface area (Å²) in [6.07, 6.45) is 1.49. The fourth-order valence-electron chi connectivity index (χ4n) is 2.08. The van der Waals surface area contributed by atoms with Gasteiger partial charge in [0, 0.05) is 6.54 Å². The second-order valence-corrected chi connectivity index (χ2v) is 4.92. The van der Waals surface area contributed by atoms with Gasteiger partial charge in [0.25, 0.3) is 5.91 Å². The van der Waals surface area contributed by atoms with Gasteiger partial charge in [-0.15, -0.1) is 0 Å². The van der Waals surface area contributed by atoms with Crippen LogP contribution in [0.4, 0.5) is 5.88 Å². The lowest BCUT2D eigenvalue weighted by molar-refractivity contribution is 0.0952. The van der Waals surface area contributed by atoms with E-state index in [2.05, 4.69) is 10.5 Å². The van der Waals surface area contributed by atoms with Gasteiger partial charge in [-0.05, 0) is 24.6 Å². The number of nitrogen functional groups attached to an aromatic ring is 1. The maximum atomic E-state index is 12.4. The van der Waals surface area contributed by atoms with Crippen LogP contribution in [0.3, 0.4) is 0 Å². The first kappa shape index (κ1) is 13.9. The Morgan fingerprint density at radius 1 is 1.27 bits per heavy atom. The molecule has 6 nitrogen and oxygen atoms in total. The summed E-state index contributed by atoms with van der Waals surface area (Å²) < 4.78 is 10.2. The minimum atomic E-state index is -0.356. The third kappa shape index (κ3) is 2.71. The lowest BCUT2D eigenvalue weighted by atomic mass is 10.1. The van der Waals surface area contributed by atoms with E-state index in [-0.39, 0.29) is 17.4 Å². The first-order chi connectivity index (χ1) is 10.6. The Labute approximate surface area is 126 Å². The summed E-state index contributed by atoms with van der Waals surface area (Å²) in [4.78, 5) is 12.4. The van der Waals surface area contributed by atoms with Crippen LogP contribution in [-0.2, 0) is 6.54 Å². The predicted molar refractivity (Wildman–Crippen MR) is 81.0 cm³/mol. The molecule has 6 heteroatoms. The van der Waals surface area contributed by atoms with Crippen LogP contribution in [0.1, 0.15) is 21.5 Å². The number of rotatable bonds is 4. The van der Waals surface area contributed by atoms with Gasteiger partial charge in [0.15, 0.2) is 11.5 Å². The van der Waals surface area contributed by atoms with Crippen LogP contribution < -0.4 is 11.1 Å². The predicted octanol–water partition coefficient (Wildman–Crippen LogP) is 2.76. The van der Waals surface area contributed by atoms with E-state index in [4.69, 9.17) is 14.7 Å². The number of carbonyl (C=O) groups is 1. The Hall–Kier alpha value is -3.02. The number of aryl methyl sites for hydroxylation is 1. The van der Waals surface area contributed by atoms with Gasteiger partial charge in [0.1, 0.15) is 5.56 Å². The van der Waals surface area contributed by atoms with Gasteiger partial charge in [-0.1, -0.05) is 35.0 Å². The van der Waals surface area contributed by atoms with Gasteiger partial charge >= 0.3 is 0 Å². The van der Waals surface area contributed by atoms with Crippen LogP contribution in [0.2, 0.25) is 0 Å². The van der Waals surface area contributed by atoms with Gasteiger partial charge in [0.05, 0.1) is 6.26 Å². The topological polar surface area (TPSA) is 94.3 Å². The van der Waals surface area contributed by atoms with E-state index >= 15 is 0 Å². The fourth-order valence-corrected chi connectivity index (χ4v) is 2.08. The molecule has 0 aliphatic carbocycles. The van der Waals surface area contributed by atoms with Crippen molar-refractivity contribution >= 4 is 11.8 Å². The highest BCUT2D eigenvalue weighted by Crippen LogP contribution is 2.27. The highest BCUT2D eigenvalue weighted by atomic mass is 16.5. The average molecular weight is 297 g/mol. The van der Waals surface area contributed by atoms with E-state index in [1.54, 1.807) is 12.1 Å². The molecule has 2 heterocycles. The van der Waals surface area contributed by atoms with Crippen molar-refractivity contribution in [2.75, 3.05) is 5.73 Å². The monoisotopic (exact) mass is 297 g/mol. The molecule has 1 amide bonds. The molecule has 0 spiro atoms. The van der Waals surface area contributed by atoms with Crippen LogP contribution >= 0.6 is 0 Å². The van der Waals surface area contributed by atoms with E-state index in [0.717, 1.165) is 5.56 Å². The Kier molecular flexibility index (Phi) is 3.65. The van der Waals surface area contributed by atoms with Crippen molar-refractivity contribution in [2.24, 2.45) is 0 Å². The zero-order chi connectivity index (χ0) is 15.5. The summed E-state index contributed by atoms with van der Waals surface area (Å²) in [5.41, 5.74) is 8.34. The third-order valence-corrected chi connectivity index (χ3v) is 3.27. The number of hydrogen-bond acceptors (Lipinski definition) is 5. The second kappa shape index (κ2) is 5.77. The van der Waals surface area contributed by atoms with Crippen molar-refractivity contribution in [3.05, 3.63) is 59.4 Å². The van der Waals surface area contributed by atoms with E-state index in [1.165, 1.54) is 11.8 Å². The maximum Gasteiger partial charge on any atom is 0.259 e. The normalized spacial score (nSPS) is 10.6. The van der Waals surface area contributed by atoms with Gasteiger partial charge in [0.2, 0.25) is 5.88 Å². The summed E-state index contributed by atoms with van der Waals surface area (Å²) in [7, 11) is 0. The van der Waals surface area contributed by atoms with Crippen LogP contribution in [0.25, 0.3) is 11.5 Å². The van der Waals surface area contributed by atoms with Crippen molar-refractivity contribution in [3.63, 3.8) is 0 Å². The maximum absolute atomic E-state index is 12.4. The second-order valence-electron chi connectivity index (χ2n) is 4.92. The Morgan fingerprint density at radius 3 is 2.73 bits per heavy atom. The number of furan rings is 1. The van der Waals surface area contributed by atoms with E-state index in [9.17, 15) is 4.79 Å². The standard InChI is InChI=1S/C16H15N3O3/c1-10-4-6-11(7-5-10)9-18-16(20)13-14(19-22-15(13)17)12-3-2-8-21-12/h2-8H,9,17H2,1H3,(H,18,20). The molecule has 0 aliphatic rings. The molecule has 112 valence electrons. The lowest BCUT2D eigenvalue weighted by Crippen LogP contribution is -2.23. The summed E-state index contributed by atoms with van der Waals surface area (Å²) >= 11 is 0. The van der Waals surface area contributed by atoms with Crippen LogP contribution in [0.15, 0.2) is 51.6 Å². The molecule has 0 bridgehead atoms. The molecule has 0 atom stereocenters. The molecule has 0 aliphatic heterocycles. The molecule has 0 unspecified atom stereocenters. The number of carbonyl (C=O) groups excluding carboxylic acids is 1. The number of anilines is 1. The molecule has 3 rings (SSSR count). The van der Waals surface area contributed by atoms with E-state index in [0.29, 0.717) is 18.0 Å². The summed E-state index contributed by atoms with van der Waals surface area (Å²) in [5.74, 6) is 0.0412. The quantitative estimate of drug-likeness (QED) is 0.772. The largest absolute Gasteiger partial charge is 0.463 e. The van der Waals surface area contributed by atoms with E-state index < -0.39 is 0 Å². The van der Waals surface area contributed by atoms with Crippen molar-refractivity contribution in [3.8, 4) is 11.5 Å². The molecule has 0 saturated carbocycles.